The Labute approximate surface area is 168 Å². The smallest absolute Gasteiger partial charge is 0.235 e. The summed E-state index contributed by atoms with van der Waals surface area (Å²) in [6.07, 6.45) is 2.80. The Hall–Kier alpha value is -2.98. The number of nitrogen functional groups attached to an aromatic ring is 1. The standard InChI is InChI=1S/C18H14BrN5O3S/c1-2-10-28(25,26)18-22-15-14(13-4-3-9-27-13)21-17(20)23-16(15)24(18)12-7-5-11(19)6-8-12/h2-9H,1,10H2,(H2,20,21,23). The van der Waals surface area contributed by atoms with Crippen LogP contribution in [0.4, 0.5) is 5.95 Å². The quantitative estimate of drug-likeness (QED) is 0.454. The molecule has 0 amide bonds. The fourth-order valence-electron chi connectivity index (χ4n) is 2.80. The fraction of sp³-hybridized carbons (Fsp3) is 0.0556. The van der Waals surface area contributed by atoms with Gasteiger partial charge in [-0.1, -0.05) is 22.0 Å². The predicted molar refractivity (Wildman–Crippen MR) is 109 cm³/mol. The zero-order chi connectivity index (χ0) is 19.9. The van der Waals surface area contributed by atoms with Crippen LogP contribution in [0.1, 0.15) is 0 Å². The molecule has 2 N–H and O–H groups in total. The molecular weight excluding hydrogens is 446 g/mol. The van der Waals surface area contributed by atoms with Crippen LogP contribution in [0.5, 0.6) is 0 Å². The molecular formula is C18H14BrN5O3S. The topological polar surface area (TPSA) is 117 Å². The number of furan rings is 1. The Morgan fingerprint density at radius 3 is 2.57 bits per heavy atom. The third kappa shape index (κ3) is 3.10. The Morgan fingerprint density at radius 1 is 1.18 bits per heavy atom. The summed E-state index contributed by atoms with van der Waals surface area (Å²) in [7, 11) is -3.78. The molecule has 0 saturated carbocycles. The Morgan fingerprint density at radius 2 is 1.93 bits per heavy atom. The summed E-state index contributed by atoms with van der Waals surface area (Å²) >= 11 is 3.38. The van der Waals surface area contributed by atoms with Crippen LogP contribution in [0.15, 0.2) is 69.4 Å². The molecule has 0 atom stereocenters. The summed E-state index contributed by atoms with van der Waals surface area (Å²) in [5.74, 6) is 0.114. The van der Waals surface area contributed by atoms with Crippen molar-refractivity contribution < 1.29 is 12.8 Å². The minimum atomic E-state index is -3.78. The van der Waals surface area contributed by atoms with Gasteiger partial charge in [0.15, 0.2) is 11.4 Å². The van der Waals surface area contributed by atoms with Gasteiger partial charge in [-0.05, 0) is 36.4 Å². The lowest BCUT2D eigenvalue weighted by molar-refractivity contribution is 0.580. The molecule has 10 heteroatoms. The molecule has 4 aromatic rings. The first-order chi connectivity index (χ1) is 13.4. The van der Waals surface area contributed by atoms with Crippen molar-refractivity contribution in [2.45, 2.75) is 5.16 Å². The number of nitrogens with two attached hydrogens (primary N) is 1. The van der Waals surface area contributed by atoms with Crippen LogP contribution < -0.4 is 5.73 Å². The lowest BCUT2D eigenvalue weighted by atomic mass is 10.3. The number of hydrogen-bond donors (Lipinski definition) is 1. The monoisotopic (exact) mass is 459 g/mol. The zero-order valence-electron chi connectivity index (χ0n) is 14.4. The van der Waals surface area contributed by atoms with E-state index < -0.39 is 9.84 Å². The van der Waals surface area contributed by atoms with Crippen molar-refractivity contribution in [2.75, 3.05) is 11.5 Å². The van der Waals surface area contributed by atoms with Gasteiger partial charge in [-0.15, -0.1) is 6.58 Å². The van der Waals surface area contributed by atoms with E-state index in [9.17, 15) is 8.42 Å². The molecule has 142 valence electrons. The highest BCUT2D eigenvalue weighted by Crippen LogP contribution is 2.31. The van der Waals surface area contributed by atoms with Crippen LogP contribution in [0.25, 0.3) is 28.3 Å². The molecule has 3 aromatic heterocycles. The summed E-state index contributed by atoms with van der Waals surface area (Å²) < 4.78 is 33.5. The van der Waals surface area contributed by atoms with Gasteiger partial charge in [0.05, 0.1) is 12.0 Å². The minimum absolute atomic E-state index is 0.0233. The fourth-order valence-corrected chi connectivity index (χ4v) is 4.23. The van der Waals surface area contributed by atoms with E-state index in [4.69, 9.17) is 10.2 Å². The molecule has 4 rings (SSSR count). The molecule has 8 nitrogen and oxygen atoms in total. The van der Waals surface area contributed by atoms with Crippen LogP contribution in [0.2, 0.25) is 0 Å². The number of aromatic nitrogens is 4. The van der Waals surface area contributed by atoms with Crippen molar-refractivity contribution in [3.8, 4) is 17.1 Å². The molecule has 0 aliphatic rings. The molecule has 0 radical (unpaired) electrons. The van der Waals surface area contributed by atoms with Crippen molar-refractivity contribution in [2.24, 2.45) is 0 Å². The number of sulfone groups is 1. The van der Waals surface area contributed by atoms with Gasteiger partial charge < -0.3 is 10.2 Å². The summed E-state index contributed by atoms with van der Waals surface area (Å²) in [6, 6.07) is 10.5. The summed E-state index contributed by atoms with van der Waals surface area (Å²) in [6.45, 7) is 3.53. The van der Waals surface area contributed by atoms with Crippen molar-refractivity contribution in [1.82, 2.24) is 19.5 Å². The van der Waals surface area contributed by atoms with E-state index in [0.29, 0.717) is 17.1 Å². The average molecular weight is 460 g/mol. The predicted octanol–water partition coefficient (Wildman–Crippen LogP) is 3.38. The van der Waals surface area contributed by atoms with Gasteiger partial charge in [0.2, 0.25) is 20.9 Å². The summed E-state index contributed by atoms with van der Waals surface area (Å²) in [4.78, 5) is 12.8. The number of hydrogen-bond acceptors (Lipinski definition) is 7. The third-order valence-corrected chi connectivity index (χ3v) is 5.98. The lowest BCUT2D eigenvalue weighted by Crippen LogP contribution is -2.12. The first kappa shape index (κ1) is 18.4. The van der Waals surface area contributed by atoms with Crippen LogP contribution in [0, 0.1) is 0 Å². The van der Waals surface area contributed by atoms with Crippen LogP contribution >= 0.6 is 15.9 Å². The maximum Gasteiger partial charge on any atom is 0.235 e. The van der Waals surface area contributed by atoms with E-state index in [1.807, 2.05) is 0 Å². The maximum atomic E-state index is 12.9. The van der Waals surface area contributed by atoms with E-state index in [0.717, 1.165) is 4.47 Å². The number of rotatable bonds is 5. The second-order valence-corrected chi connectivity index (χ2v) is 8.70. The number of nitrogens with zero attached hydrogens (tertiary/aromatic N) is 4. The van der Waals surface area contributed by atoms with Gasteiger partial charge in [-0.25, -0.2) is 18.4 Å². The molecule has 0 spiro atoms. The first-order valence-electron chi connectivity index (χ1n) is 8.10. The van der Waals surface area contributed by atoms with Gasteiger partial charge in [-0.2, -0.15) is 4.98 Å². The first-order valence-corrected chi connectivity index (χ1v) is 10.5. The van der Waals surface area contributed by atoms with Crippen LogP contribution in [-0.4, -0.2) is 33.7 Å². The SMILES string of the molecule is C=CCS(=O)(=O)c1nc2c(-c3ccco3)nc(N)nc2n1-c1ccc(Br)cc1. The van der Waals surface area contributed by atoms with E-state index in [1.54, 1.807) is 36.4 Å². The highest BCUT2D eigenvalue weighted by Gasteiger charge is 2.27. The van der Waals surface area contributed by atoms with Gasteiger partial charge in [0.1, 0.15) is 11.2 Å². The lowest BCUT2D eigenvalue weighted by Gasteiger charge is -2.09. The van der Waals surface area contributed by atoms with E-state index in [-0.39, 0.29) is 28.0 Å². The molecule has 0 saturated heterocycles. The number of anilines is 1. The summed E-state index contributed by atoms with van der Waals surface area (Å²) in [5, 5.41) is -0.169. The third-order valence-electron chi connectivity index (χ3n) is 3.95. The summed E-state index contributed by atoms with van der Waals surface area (Å²) in [5.41, 5.74) is 7.33. The minimum Gasteiger partial charge on any atom is -0.463 e. The van der Waals surface area contributed by atoms with Crippen molar-refractivity contribution in [1.29, 1.82) is 0 Å². The Bertz CT molecular complexity index is 1280. The second kappa shape index (κ2) is 6.88. The van der Waals surface area contributed by atoms with Gasteiger partial charge in [0.25, 0.3) is 0 Å². The number of imidazole rings is 1. The average Bonchev–Trinajstić information content (AvgIpc) is 3.30. The van der Waals surface area contributed by atoms with E-state index >= 15 is 0 Å². The molecule has 0 bridgehead atoms. The Balaban J connectivity index is 2.12. The molecule has 3 heterocycles. The Kier molecular flexibility index (Phi) is 4.52. The van der Waals surface area contributed by atoms with Crippen LogP contribution in [-0.2, 0) is 9.84 Å². The van der Waals surface area contributed by atoms with E-state index in [1.165, 1.54) is 16.9 Å². The highest BCUT2D eigenvalue weighted by atomic mass is 79.9. The van der Waals surface area contributed by atoms with Crippen molar-refractivity contribution in [3.63, 3.8) is 0 Å². The molecule has 0 fully saturated rings. The van der Waals surface area contributed by atoms with Crippen LogP contribution in [0.3, 0.4) is 0 Å². The maximum absolute atomic E-state index is 12.9. The number of fused-ring (bicyclic) bond motifs is 1. The second-order valence-electron chi connectivity index (χ2n) is 5.86. The van der Waals surface area contributed by atoms with Gasteiger partial charge >= 0.3 is 0 Å². The molecule has 0 unspecified atom stereocenters. The molecule has 28 heavy (non-hydrogen) atoms. The molecule has 0 aliphatic carbocycles. The molecule has 1 aromatic carbocycles. The number of benzene rings is 1. The highest BCUT2D eigenvalue weighted by molar-refractivity contribution is 9.10. The van der Waals surface area contributed by atoms with Gasteiger partial charge in [-0.3, -0.25) is 4.57 Å². The van der Waals surface area contributed by atoms with E-state index in [2.05, 4.69) is 37.5 Å². The van der Waals surface area contributed by atoms with Gasteiger partial charge in [0, 0.05) is 10.2 Å². The number of halogens is 1. The van der Waals surface area contributed by atoms with Crippen molar-refractivity contribution >= 4 is 42.9 Å². The molecule has 0 aliphatic heterocycles. The van der Waals surface area contributed by atoms with Crippen molar-refractivity contribution in [3.05, 3.63) is 59.8 Å². The normalized spacial score (nSPS) is 11.8. The zero-order valence-corrected chi connectivity index (χ0v) is 16.8. The largest absolute Gasteiger partial charge is 0.463 e.